The zero-order chi connectivity index (χ0) is 14.9. The molecule has 0 aromatic heterocycles. The van der Waals surface area contributed by atoms with Gasteiger partial charge in [0.1, 0.15) is 0 Å². The fraction of sp³-hybridized carbons (Fsp3) is 0.538. The van der Waals surface area contributed by atoms with Gasteiger partial charge in [0.05, 0.1) is 11.9 Å². The second-order valence-corrected chi connectivity index (χ2v) is 8.00. The lowest BCUT2D eigenvalue weighted by molar-refractivity contribution is 0.0604. The Morgan fingerprint density at radius 2 is 2.10 bits per heavy atom. The zero-order valence-corrected chi connectivity index (χ0v) is 13.4. The van der Waals surface area contributed by atoms with Crippen LogP contribution in [-0.4, -0.2) is 37.0 Å². The molecule has 2 atom stereocenters. The molecule has 0 saturated carbocycles. The van der Waals surface area contributed by atoms with E-state index in [1.165, 1.54) is 10.4 Å². The van der Waals surface area contributed by atoms with Gasteiger partial charge in [-0.2, -0.15) is 4.31 Å². The second kappa shape index (κ2) is 6.20. The van der Waals surface area contributed by atoms with E-state index in [4.69, 9.17) is 23.2 Å². The van der Waals surface area contributed by atoms with Crippen molar-refractivity contribution < 1.29 is 13.5 Å². The van der Waals surface area contributed by atoms with Crippen molar-refractivity contribution in [3.8, 4) is 0 Å². The third-order valence-electron chi connectivity index (χ3n) is 3.63. The van der Waals surface area contributed by atoms with E-state index in [1.54, 1.807) is 12.1 Å². The predicted molar refractivity (Wildman–Crippen MR) is 80.4 cm³/mol. The van der Waals surface area contributed by atoms with Crippen molar-refractivity contribution in [2.24, 2.45) is 5.92 Å². The van der Waals surface area contributed by atoms with Gasteiger partial charge in [-0.3, -0.25) is 0 Å². The zero-order valence-electron chi connectivity index (χ0n) is 11.1. The fourth-order valence-corrected chi connectivity index (χ4v) is 4.34. The van der Waals surface area contributed by atoms with Crippen molar-refractivity contribution >= 4 is 33.2 Å². The Kier molecular flexibility index (Phi) is 4.97. The molecule has 2 unspecified atom stereocenters. The van der Waals surface area contributed by atoms with Crippen molar-refractivity contribution in [2.45, 2.75) is 25.2 Å². The minimum Gasteiger partial charge on any atom is -0.391 e. The maximum absolute atomic E-state index is 12.4. The molecule has 1 aliphatic heterocycles. The number of hydrogen-bond acceptors (Lipinski definition) is 3. The van der Waals surface area contributed by atoms with Crippen molar-refractivity contribution in [2.75, 3.05) is 13.1 Å². The Morgan fingerprint density at radius 3 is 2.70 bits per heavy atom. The number of aliphatic hydroxyl groups is 1. The van der Waals surface area contributed by atoms with Crippen molar-refractivity contribution in [3.05, 3.63) is 33.8 Å². The highest BCUT2D eigenvalue weighted by Crippen LogP contribution is 2.26. The van der Waals surface area contributed by atoms with Crippen LogP contribution in [0.5, 0.6) is 0 Å². The molecule has 1 saturated heterocycles. The Balaban J connectivity index is 2.15. The van der Waals surface area contributed by atoms with Gasteiger partial charge in [-0.05, 0) is 30.0 Å². The number of benzene rings is 1. The van der Waals surface area contributed by atoms with Gasteiger partial charge in [0, 0.05) is 23.1 Å². The summed E-state index contributed by atoms with van der Waals surface area (Å²) < 4.78 is 26.1. The monoisotopic (exact) mass is 337 g/mol. The lowest BCUT2D eigenvalue weighted by Crippen LogP contribution is -2.46. The number of nitrogens with zero attached hydrogens (tertiary/aromatic N) is 1. The number of hydrogen-bond donors (Lipinski definition) is 1. The van der Waals surface area contributed by atoms with E-state index in [0.717, 1.165) is 0 Å². The van der Waals surface area contributed by atoms with Gasteiger partial charge in [0.25, 0.3) is 0 Å². The van der Waals surface area contributed by atoms with E-state index in [1.807, 2.05) is 6.92 Å². The molecule has 0 radical (unpaired) electrons. The molecule has 0 spiro atoms. The minimum absolute atomic E-state index is 0.126. The van der Waals surface area contributed by atoms with Crippen LogP contribution >= 0.6 is 23.2 Å². The first kappa shape index (κ1) is 16.0. The highest BCUT2D eigenvalue weighted by molar-refractivity contribution is 7.88. The molecule has 1 aromatic rings. The number of piperidine rings is 1. The SMILES string of the molecule is CC1CCN(S(=O)(=O)Cc2ccc(Cl)cc2Cl)CC1O. The van der Waals surface area contributed by atoms with Gasteiger partial charge in [-0.25, -0.2) is 8.42 Å². The second-order valence-electron chi connectivity index (χ2n) is 5.18. The Morgan fingerprint density at radius 1 is 1.40 bits per heavy atom. The number of sulfonamides is 1. The van der Waals surface area contributed by atoms with Gasteiger partial charge >= 0.3 is 0 Å². The third-order valence-corrected chi connectivity index (χ3v) is 6.01. The minimum atomic E-state index is -3.48. The lowest BCUT2D eigenvalue weighted by atomic mass is 9.98. The Hall–Kier alpha value is -0.330. The first-order valence-electron chi connectivity index (χ1n) is 6.39. The molecule has 0 aliphatic carbocycles. The Bertz CT molecular complexity index is 591. The average molecular weight is 338 g/mol. The summed E-state index contributed by atoms with van der Waals surface area (Å²) in [5.41, 5.74) is 0.518. The molecular weight excluding hydrogens is 321 g/mol. The van der Waals surface area contributed by atoms with Crippen LogP contribution in [0.1, 0.15) is 18.9 Å². The average Bonchev–Trinajstić information content (AvgIpc) is 2.36. The van der Waals surface area contributed by atoms with E-state index in [9.17, 15) is 13.5 Å². The van der Waals surface area contributed by atoms with Crippen LogP contribution in [0.15, 0.2) is 18.2 Å². The first-order valence-corrected chi connectivity index (χ1v) is 8.76. The van der Waals surface area contributed by atoms with E-state index >= 15 is 0 Å². The van der Waals surface area contributed by atoms with Gasteiger partial charge in [-0.15, -0.1) is 0 Å². The number of rotatable bonds is 3. The quantitative estimate of drug-likeness (QED) is 0.921. The maximum atomic E-state index is 12.4. The molecule has 1 heterocycles. The van der Waals surface area contributed by atoms with Gasteiger partial charge < -0.3 is 5.11 Å². The molecular formula is C13H17Cl2NO3S. The summed E-state index contributed by atoms with van der Waals surface area (Å²) in [7, 11) is -3.48. The molecule has 112 valence electrons. The van der Waals surface area contributed by atoms with E-state index in [-0.39, 0.29) is 18.2 Å². The number of halogens is 2. The molecule has 0 bridgehead atoms. The largest absolute Gasteiger partial charge is 0.391 e. The summed E-state index contributed by atoms with van der Waals surface area (Å²) in [5, 5.41) is 10.6. The van der Waals surface area contributed by atoms with Crippen LogP contribution in [0.4, 0.5) is 0 Å². The van der Waals surface area contributed by atoms with E-state index in [0.29, 0.717) is 28.6 Å². The molecule has 1 N–H and O–H groups in total. The van der Waals surface area contributed by atoms with Crippen LogP contribution in [0.3, 0.4) is 0 Å². The Labute approximate surface area is 129 Å². The smallest absolute Gasteiger partial charge is 0.218 e. The normalized spacial score (nSPS) is 24.8. The molecule has 1 fully saturated rings. The van der Waals surface area contributed by atoms with Crippen molar-refractivity contribution in [1.29, 1.82) is 0 Å². The van der Waals surface area contributed by atoms with Crippen LogP contribution < -0.4 is 0 Å². The van der Waals surface area contributed by atoms with Gasteiger partial charge in [0.2, 0.25) is 10.0 Å². The van der Waals surface area contributed by atoms with Gasteiger partial charge in [0.15, 0.2) is 0 Å². The summed E-state index contributed by atoms with van der Waals surface area (Å²) in [6, 6.07) is 4.76. The summed E-state index contributed by atoms with van der Waals surface area (Å²) in [4.78, 5) is 0. The summed E-state index contributed by atoms with van der Waals surface area (Å²) in [6.45, 7) is 2.51. The number of β-amino-alcohol motifs (C(OH)–C–C–N with tert-alkyl or cyclic N) is 1. The van der Waals surface area contributed by atoms with Crippen LogP contribution in [-0.2, 0) is 15.8 Å². The predicted octanol–water partition coefficient (Wildman–Crippen LogP) is 2.53. The molecule has 1 aliphatic rings. The van der Waals surface area contributed by atoms with Crippen LogP contribution in [0.2, 0.25) is 10.0 Å². The van der Waals surface area contributed by atoms with Gasteiger partial charge in [-0.1, -0.05) is 36.2 Å². The lowest BCUT2D eigenvalue weighted by Gasteiger charge is -2.33. The number of aliphatic hydroxyl groups excluding tert-OH is 1. The van der Waals surface area contributed by atoms with E-state index in [2.05, 4.69) is 0 Å². The molecule has 2 rings (SSSR count). The summed E-state index contributed by atoms with van der Waals surface area (Å²) in [5.74, 6) is -0.0510. The molecule has 7 heteroatoms. The summed E-state index contributed by atoms with van der Waals surface area (Å²) >= 11 is 11.8. The topological polar surface area (TPSA) is 57.6 Å². The van der Waals surface area contributed by atoms with Crippen LogP contribution in [0, 0.1) is 5.92 Å². The maximum Gasteiger partial charge on any atom is 0.218 e. The van der Waals surface area contributed by atoms with Crippen molar-refractivity contribution in [1.82, 2.24) is 4.31 Å². The van der Waals surface area contributed by atoms with Crippen LogP contribution in [0.25, 0.3) is 0 Å². The van der Waals surface area contributed by atoms with E-state index < -0.39 is 16.1 Å². The highest BCUT2D eigenvalue weighted by Gasteiger charge is 2.32. The molecule has 1 aromatic carbocycles. The highest BCUT2D eigenvalue weighted by atomic mass is 35.5. The standard InChI is InChI=1S/C13H17Cl2NO3S/c1-9-4-5-16(7-13(9)17)20(18,19)8-10-2-3-11(14)6-12(10)15/h2-3,6,9,13,17H,4-5,7-8H2,1H3. The first-order chi connectivity index (χ1) is 9.29. The summed E-state index contributed by atoms with van der Waals surface area (Å²) in [6.07, 6.45) is 0.0496. The van der Waals surface area contributed by atoms with Crippen molar-refractivity contribution in [3.63, 3.8) is 0 Å². The third kappa shape index (κ3) is 3.65. The molecule has 20 heavy (non-hydrogen) atoms. The molecule has 4 nitrogen and oxygen atoms in total. The molecule has 0 amide bonds. The fourth-order valence-electron chi connectivity index (χ4n) is 2.20.